The molecule has 2 aromatic carbocycles. The Labute approximate surface area is 155 Å². The van der Waals surface area contributed by atoms with Crippen LogP contribution in [0.2, 0.25) is 5.04 Å². The van der Waals surface area contributed by atoms with E-state index in [9.17, 15) is 4.79 Å². The van der Waals surface area contributed by atoms with E-state index in [4.69, 9.17) is 9.16 Å². The Hall–Kier alpha value is -2.11. The Bertz CT molecular complexity index is 748. The lowest BCUT2D eigenvalue weighted by atomic mass is 10.2. The fraction of sp³-hybridized carbons (Fsp3) is 0.381. The van der Waals surface area contributed by atoms with Crippen LogP contribution in [0.15, 0.2) is 60.7 Å². The van der Waals surface area contributed by atoms with Crippen molar-refractivity contribution >= 4 is 24.8 Å². The smallest absolute Gasteiger partial charge is 0.410 e. The number of cyclic esters (lactones) is 1. The van der Waals surface area contributed by atoms with E-state index >= 15 is 0 Å². The summed E-state index contributed by atoms with van der Waals surface area (Å²) in [7, 11) is -2.56. The van der Waals surface area contributed by atoms with E-state index in [1.54, 1.807) is 4.90 Å². The molecule has 0 unspecified atom stereocenters. The molecule has 0 aromatic heterocycles. The molecule has 0 aliphatic carbocycles. The second kappa shape index (κ2) is 6.25. The number of carbonyl (C=O) groups is 1. The van der Waals surface area contributed by atoms with Crippen molar-refractivity contribution in [2.45, 2.75) is 38.0 Å². The molecule has 1 amide bonds. The summed E-state index contributed by atoms with van der Waals surface area (Å²) in [5.74, 6) is 0. The van der Waals surface area contributed by atoms with Gasteiger partial charge in [0.25, 0.3) is 8.32 Å². The second-order valence-electron chi connectivity index (χ2n) is 8.12. The number of nitrogens with zero attached hydrogens (tertiary/aromatic N) is 1. The van der Waals surface area contributed by atoms with Gasteiger partial charge in [0, 0.05) is 6.54 Å². The van der Waals surface area contributed by atoms with Crippen molar-refractivity contribution in [2.24, 2.45) is 0 Å². The minimum Gasteiger partial charge on any atom is -0.441 e. The van der Waals surface area contributed by atoms with Crippen molar-refractivity contribution in [3.05, 3.63) is 60.7 Å². The van der Waals surface area contributed by atoms with Crippen LogP contribution in [0.3, 0.4) is 0 Å². The van der Waals surface area contributed by atoms with Gasteiger partial charge in [0.15, 0.2) is 0 Å². The maximum atomic E-state index is 11.7. The molecule has 5 heteroatoms. The van der Waals surface area contributed by atoms with Gasteiger partial charge in [-0.2, -0.15) is 0 Å². The average molecular weight is 368 g/mol. The first-order chi connectivity index (χ1) is 12.4. The van der Waals surface area contributed by atoms with Gasteiger partial charge in [0.1, 0.15) is 6.10 Å². The normalized spacial score (nSPS) is 22.1. The van der Waals surface area contributed by atoms with Crippen LogP contribution in [0.4, 0.5) is 4.79 Å². The number of fused-ring (bicyclic) bond motifs is 1. The molecule has 2 atom stereocenters. The lowest BCUT2D eigenvalue weighted by Gasteiger charge is -2.43. The lowest BCUT2D eigenvalue weighted by Crippen LogP contribution is -2.67. The molecule has 2 aromatic rings. The van der Waals surface area contributed by atoms with Crippen LogP contribution in [0.25, 0.3) is 0 Å². The molecular weight excluding hydrogens is 342 g/mol. The number of carbonyl (C=O) groups excluding carboxylic acids is 1. The van der Waals surface area contributed by atoms with Gasteiger partial charge in [-0.1, -0.05) is 81.4 Å². The van der Waals surface area contributed by atoms with Crippen LogP contribution >= 0.6 is 0 Å². The van der Waals surface area contributed by atoms with Gasteiger partial charge < -0.3 is 9.16 Å². The number of benzene rings is 2. The predicted octanol–water partition coefficient (Wildman–Crippen LogP) is 2.77. The highest BCUT2D eigenvalue weighted by Gasteiger charge is 2.56. The standard InChI is InChI=1S/C21H25NO3Si/c1-21(2,3)26(16-10-6-4-7-11-16,17-12-8-5-9-13-17)24-15-19-18-14-22(18)20(23)25-19/h4-13,18-19H,14-15H2,1-3H3/t18-,19-,22?/m0/s1. The SMILES string of the molecule is CC(C)(C)[Si](OC[C@@H]1OC(=O)N2C[C@@H]12)(c1ccccc1)c1ccccc1. The zero-order valence-electron chi connectivity index (χ0n) is 15.5. The Balaban J connectivity index is 1.74. The van der Waals surface area contributed by atoms with Crippen LogP contribution in [-0.4, -0.2) is 44.6 Å². The second-order valence-corrected chi connectivity index (χ2v) is 12.4. The largest absolute Gasteiger partial charge is 0.441 e. The molecule has 26 heavy (non-hydrogen) atoms. The number of ether oxygens (including phenoxy) is 1. The predicted molar refractivity (Wildman–Crippen MR) is 104 cm³/mol. The first kappa shape index (κ1) is 17.3. The van der Waals surface area contributed by atoms with Gasteiger partial charge in [-0.05, 0) is 15.4 Å². The topological polar surface area (TPSA) is 38.5 Å². The molecule has 2 saturated heterocycles. The third kappa shape index (κ3) is 2.75. The zero-order valence-corrected chi connectivity index (χ0v) is 16.5. The summed E-state index contributed by atoms with van der Waals surface area (Å²) in [5.41, 5.74) is 0. The molecule has 136 valence electrons. The molecule has 2 aliphatic rings. The fourth-order valence-electron chi connectivity index (χ4n) is 4.07. The highest BCUT2D eigenvalue weighted by molar-refractivity contribution is 6.99. The Morgan fingerprint density at radius 3 is 1.96 bits per heavy atom. The van der Waals surface area contributed by atoms with Crippen LogP contribution in [0.5, 0.6) is 0 Å². The molecule has 0 spiro atoms. The van der Waals surface area contributed by atoms with Crippen molar-refractivity contribution in [2.75, 3.05) is 13.2 Å². The average Bonchev–Trinajstić information content (AvgIpc) is 3.37. The molecule has 2 fully saturated rings. The number of amides is 1. The van der Waals surface area contributed by atoms with Gasteiger partial charge in [-0.3, -0.25) is 4.90 Å². The maximum Gasteiger partial charge on any atom is 0.410 e. The van der Waals surface area contributed by atoms with Crippen molar-refractivity contribution in [1.29, 1.82) is 0 Å². The van der Waals surface area contributed by atoms with Gasteiger partial charge in [0.05, 0.1) is 12.6 Å². The summed E-state index contributed by atoms with van der Waals surface area (Å²) in [6.45, 7) is 8.00. The summed E-state index contributed by atoms with van der Waals surface area (Å²) in [6, 6.07) is 21.3. The zero-order chi connectivity index (χ0) is 18.4. The Morgan fingerprint density at radius 1 is 1.04 bits per heavy atom. The van der Waals surface area contributed by atoms with E-state index in [0.717, 1.165) is 6.54 Å². The van der Waals surface area contributed by atoms with Crippen molar-refractivity contribution in [1.82, 2.24) is 4.90 Å². The first-order valence-electron chi connectivity index (χ1n) is 9.16. The van der Waals surface area contributed by atoms with Crippen LogP contribution < -0.4 is 10.4 Å². The Kier molecular flexibility index (Phi) is 4.16. The number of rotatable bonds is 5. The molecule has 4 nitrogen and oxygen atoms in total. The summed E-state index contributed by atoms with van der Waals surface area (Å²) >= 11 is 0. The van der Waals surface area contributed by atoms with Gasteiger partial charge in [-0.25, -0.2) is 4.79 Å². The minimum absolute atomic E-state index is 0.0679. The summed E-state index contributed by atoms with van der Waals surface area (Å²) < 4.78 is 12.3. The third-order valence-corrected chi connectivity index (χ3v) is 10.5. The minimum atomic E-state index is -2.56. The molecule has 4 rings (SSSR count). The monoisotopic (exact) mass is 367 g/mol. The number of hydrogen-bond acceptors (Lipinski definition) is 3. The molecule has 0 saturated carbocycles. The Morgan fingerprint density at radius 2 is 1.58 bits per heavy atom. The van der Waals surface area contributed by atoms with E-state index in [1.165, 1.54) is 10.4 Å². The molecule has 2 aliphatic heterocycles. The van der Waals surface area contributed by atoms with Crippen LogP contribution in [-0.2, 0) is 9.16 Å². The van der Waals surface area contributed by atoms with Crippen molar-refractivity contribution in [3.8, 4) is 0 Å². The summed E-state index contributed by atoms with van der Waals surface area (Å²) in [6.07, 6.45) is -0.366. The van der Waals surface area contributed by atoms with Gasteiger partial charge in [-0.15, -0.1) is 0 Å². The van der Waals surface area contributed by atoms with Crippen LogP contribution in [0, 0.1) is 0 Å². The van der Waals surface area contributed by atoms with E-state index in [0.29, 0.717) is 6.61 Å². The lowest BCUT2D eigenvalue weighted by molar-refractivity contribution is 0.0862. The fourth-order valence-corrected chi connectivity index (χ4v) is 8.64. The molecule has 0 bridgehead atoms. The van der Waals surface area contributed by atoms with Gasteiger partial charge >= 0.3 is 6.09 Å². The molecule has 0 N–H and O–H groups in total. The van der Waals surface area contributed by atoms with E-state index < -0.39 is 8.32 Å². The molecule has 0 radical (unpaired) electrons. The highest BCUT2D eigenvalue weighted by atomic mass is 28.4. The van der Waals surface area contributed by atoms with Crippen molar-refractivity contribution in [3.63, 3.8) is 0 Å². The first-order valence-corrected chi connectivity index (χ1v) is 11.1. The number of hydrogen-bond donors (Lipinski definition) is 0. The van der Waals surface area contributed by atoms with E-state index in [2.05, 4.69) is 69.3 Å². The molecule has 2 heterocycles. The quantitative estimate of drug-likeness (QED) is 0.602. The maximum absolute atomic E-state index is 11.7. The summed E-state index contributed by atoms with van der Waals surface area (Å²) in [5, 5.41) is 2.42. The van der Waals surface area contributed by atoms with Gasteiger partial charge in [0.2, 0.25) is 0 Å². The third-order valence-electron chi connectivity index (χ3n) is 5.45. The van der Waals surface area contributed by atoms with Crippen molar-refractivity contribution < 1.29 is 14.0 Å². The highest BCUT2D eigenvalue weighted by Crippen LogP contribution is 2.38. The summed E-state index contributed by atoms with van der Waals surface area (Å²) in [4.78, 5) is 13.5. The van der Waals surface area contributed by atoms with E-state index in [1.807, 2.05) is 12.1 Å². The molecular formula is C21H25NO3Si. The van der Waals surface area contributed by atoms with Crippen LogP contribution in [0.1, 0.15) is 20.8 Å². The van der Waals surface area contributed by atoms with E-state index in [-0.39, 0.29) is 23.3 Å².